The maximum atomic E-state index is 13.9. The second kappa shape index (κ2) is 6.87. The van der Waals surface area contributed by atoms with E-state index in [-0.39, 0.29) is 5.82 Å². The number of aromatic nitrogens is 3. The van der Waals surface area contributed by atoms with E-state index in [4.69, 9.17) is 4.74 Å². The van der Waals surface area contributed by atoms with E-state index >= 15 is 0 Å². The van der Waals surface area contributed by atoms with Gasteiger partial charge in [0.15, 0.2) is 11.6 Å². The van der Waals surface area contributed by atoms with Crippen molar-refractivity contribution in [2.24, 2.45) is 0 Å². The minimum atomic E-state index is -0.258. The van der Waals surface area contributed by atoms with E-state index in [1.54, 1.807) is 19.4 Å². The Morgan fingerprint density at radius 2 is 2.27 bits per heavy atom. The number of hydrogen-bond donors (Lipinski definition) is 0. The molecule has 2 aromatic rings. The van der Waals surface area contributed by atoms with Gasteiger partial charge in [-0.2, -0.15) is 0 Å². The first-order chi connectivity index (χ1) is 10.8. The molecule has 0 spiro atoms. The van der Waals surface area contributed by atoms with E-state index in [0.29, 0.717) is 18.3 Å². The largest absolute Gasteiger partial charge is 0.383 e. The number of piperidine rings is 1. The summed E-state index contributed by atoms with van der Waals surface area (Å²) < 4.78 is 21.2. The van der Waals surface area contributed by atoms with E-state index in [1.165, 1.54) is 6.07 Å². The molecule has 3 rings (SSSR count). The summed E-state index contributed by atoms with van der Waals surface area (Å²) in [4.78, 5) is 10.7. The third-order valence-corrected chi connectivity index (χ3v) is 4.11. The molecule has 118 valence electrons. The van der Waals surface area contributed by atoms with Crippen molar-refractivity contribution in [2.75, 3.05) is 31.7 Å². The number of anilines is 1. The van der Waals surface area contributed by atoms with Gasteiger partial charge in [0.05, 0.1) is 6.61 Å². The van der Waals surface area contributed by atoms with Crippen LogP contribution in [0.1, 0.15) is 24.6 Å². The fraction of sp³-hybridized carbons (Fsp3) is 0.500. The molecule has 6 heteroatoms. The molecule has 0 amide bonds. The van der Waals surface area contributed by atoms with Crippen molar-refractivity contribution < 1.29 is 9.13 Å². The average molecular weight is 304 g/mol. The van der Waals surface area contributed by atoms with Crippen LogP contribution in [0.2, 0.25) is 0 Å². The van der Waals surface area contributed by atoms with Gasteiger partial charge in [-0.3, -0.25) is 0 Å². The summed E-state index contributed by atoms with van der Waals surface area (Å²) in [6, 6.07) is 3.09. The highest BCUT2D eigenvalue weighted by Gasteiger charge is 2.26. The molecular formula is C16H21FN4O. The Labute approximate surface area is 129 Å². The van der Waals surface area contributed by atoms with E-state index in [2.05, 4.69) is 14.5 Å². The Balaban J connectivity index is 1.76. The van der Waals surface area contributed by atoms with Gasteiger partial charge < -0.3 is 14.2 Å². The van der Waals surface area contributed by atoms with Gasteiger partial charge in [-0.1, -0.05) is 0 Å². The maximum absolute atomic E-state index is 13.9. The molecule has 2 aromatic heterocycles. The minimum Gasteiger partial charge on any atom is -0.383 e. The van der Waals surface area contributed by atoms with Crippen LogP contribution in [0, 0.1) is 5.82 Å². The number of rotatable bonds is 5. The molecule has 1 atom stereocenters. The van der Waals surface area contributed by atoms with Crippen molar-refractivity contribution in [3.8, 4) is 0 Å². The Hall–Kier alpha value is -1.95. The number of methoxy groups -OCH3 is 1. The van der Waals surface area contributed by atoms with Crippen LogP contribution in [0.15, 0.2) is 30.7 Å². The van der Waals surface area contributed by atoms with Gasteiger partial charge in [0.2, 0.25) is 0 Å². The predicted octanol–water partition coefficient (Wildman–Crippen LogP) is 2.45. The summed E-state index contributed by atoms with van der Waals surface area (Å²) in [5.74, 6) is 1.54. The van der Waals surface area contributed by atoms with E-state index in [9.17, 15) is 4.39 Å². The van der Waals surface area contributed by atoms with Crippen LogP contribution in [0.3, 0.4) is 0 Å². The SMILES string of the molecule is COCCn1ccnc1C1CCCN(c2ncccc2F)C1. The molecule has 1 saturated heterocycles. The molecule has 22 heavy (non-hydrogen) atoms. The molecular weight excluding hydrogens is 283 g/mol. The first kappa shape index (κ1) is 15.0. The number of ether oxygens (including phenoxy) is 1. The lowest BCUT2D eigenvalue weighted by molar-refractivity contribution is 0.185. The summed E-state index contributed by atoms with van der Waals surface area (Å²) in [5, 5.41) is 0. The van der Waals surface area contributed by atoms with Crippen LogP contribution in [0.4, 0.5) is 10.2 Å². The molecule has 1 aliphatic heterocycles. The van der Waals surface area contributed by atoms with Crippen molar-refractivity contribution in [1.82, 2.24) is 14.5 Å². The smallest absolute Gasteiger partial charge is 0.165 e. The lowest BCUT2D eigenvalue weighted by Crippen LogP contribution is -2.36. The zero-order valence-corrected chi connectivity index (χ0v) is 12.8. The number of hydrogen-bond acceptors (Lipinski definition) is 4. The normalized spacial score (nSPS) is 18.6. The molecule has 1 unspecified atom stereocenters. The third-order valence-electron chi connectivity index (χ3n) is 4.11. The summed E-state index contributed by atoms with van der Waals surface area (Å²) in [5.41, 5.74) is 0. The number of halogens is 1. The maximum Gasteiger partial charge on any atom is 0.165 e. The molecule has 0 bridgehead atoms. The van der Waals surface area contributed by atoms with Gasteiger partial charge in [0.1, 0.15) is 5.82 Å². The van der Waals surface area contributed by atoms with Gasteiger partial charge >= 0.3 is 0 Å². The lowest BCUT2D eigenvalue weighted by Gasteiger charge is -2.33. The molecule has 1 aliphatic rings. The van der Waals surface area contributed by atoms with E-state index in [1.807, 2.05) is 17.3 Å². The Morgan fingerprint density at radius 3 is 3.09 bits per heavy atom. The Morgan fingerprint density at radius 1 is 1.36 bits per heavy atom. The van der Waals surface area contributed by atoms with Gasteiger partial charge in [0, 0.05) is 51.3 Å². The monoisotopic (exact) mass is 304 g/mol. The molecule has 0 saturated carbocycles. The number of imidazole rings is 1. The first-order valence-electron chi connectivity index (χ1n) is 7.65. The highest BCUT2D eigenvalue weighted by atomic mass is 19.1. The fourth-order valence-corrected chi connectivity index (χ4v) is 3.05. The van der Waals surface area contributed by atoms with Crippen molar-refractivity contribution in [1.29, 1.82) is 0 Å². The summed E-state index contributed by atoms with van der Waals surface area (Å²) in [6.07, 6.45) is 7.52. The standard InChI is InChI=1S/C16H21FN4O/c1-22-11-10-20-9-7-19-15(20)13-4-3-8-21(12-13)16-14(17)5-2-6-18-16/h2,5-7,9,13H,3-4,8,10-12H2,1H3. The van der Waals surface area contributed by atoms with Gasteiger partial charge in [-0.15, -0.1) is 0 Å². The molecule has 0 N–H and O–H groups in total. The summed E-state index contributed by atoms with van der Waals surface area (Å²) >= 11 is 0. The van der Waals surface area contributed by atoms with Crippen LogP contribution >= 0.6 is 0 Å². The van der Waals surface area contributed by atoms with Gasteiger partial charge in [-0.25, -0.2) is 14.4 Å². The first-order valence-corrected chi connectivity index (χ1v) is 7.65. The summed E-state index contributed by atoms with van der Waals surface area (Å²) in [6.45, 7) is 3.04. The Bertz CT molecular complexity index is 616. The van der Waals surface area contributed by atoms with Crippen molar-refractivity contribution >= 4 is 5.82 Å². The number of pyridine rings is 1. The highest BCUT2D eigenvalue weighted by molar-refractivity contribution is 5.40. The van der Waals surface area contributed by atoms with Crippen molar-refractivity contribution in [3.05, 3.63) is 42.4 Å². The molecule has 0 aromatic carbocycles. The second-order valence-corrected chi connectivity index (χ2v) is 5.57. The quantitative estimate of drug-likeness (QED) is 0.851. The highest BCUT2D eigenvalue weighted by Crippen LogP contribution is 2.29. The lowest BCUT2D eigenvalue weighted by atomic mass is 9.97. The molecule has 3 heterocycles. The fourth-order valence-electron chi connectivity index (χ4n) is 3.05. The van der Waals surface area contributed by atoms with Crippen LogP contribution < -0.4 is 4.90 Å². The molecule has 0 radical (unpaired) electrons. The van der Waals surface area contributed by atoms with Crippen LogP contribution in [0.5, 0.6) is 0 Å². The van der Waals surface area contributed by atoms with Gasteiger partial charge in [-0.05, 0) is 25.0 Å². The third kappa shape index (κ3) is 3.11. The topological polar surface area (TPSA) is 43.2 Å². The Kier molecular flexibility index (Phi) is 4.68. The van der Waals surface area contributed by atoms with Crippen molar-refractivity contribution in [3.63, 3.8) is 0 Å². The molecule has 5 nitrogen and oxygen atoms in total. The van der Waals surface area contributed by atoms with E-state index < -0.39 is 0 Å². The summed E-state index contributed by atoms with van der Waals surface area (Å²) in [7, 11) is 1.70. The predicted molar refractivity (Wildman–Crippen MR) is 82.5 cm³/mol. The number of nitrogens with zero attached hydrogens (tertiary/aromatic N) is 4. The minimum absolute atomic E-state index is 0.258. The zero-order valence-electron chi connectivity index (χ0n) is 12.8. The van der Waals surface area contributed by atoms with Crippen LogP contribution in [-0.4, -0.2) is 41.3 Å². The van der Waals surface area contributed by atoms with Crippen molar-refractivity contribution in [2.45, 2.75) is 25.3 Å². The van der Waals surface area contributed by atoms with Gasteiger partial charge in [0.25, 0.3) is 0 Å². The molecule has 1 fully saturated rings. The van der Waals surface area contributed by atoms with Crippen LogP contribution in [-0.2, 0) is 11.3 Å². The molecule has 0 aliphatic carbocycles. The van der Waals surface area contributed by atoms with Crippen LogP contribution in [0.25, 0.3) is 0 Å². The second-order valence-electron chi connectivity index (χ2n) is 5.57. The average Bonchev–Trinajstić information content (AvgIpc) is 3.02. The van der Waals surface area contributed by atoms with E-state index in [0.717, 1.165) is 38.3 Å². The zero-order chi connectivity index (χ0) is 15.4.